The third-order valence-corrected chi connectivity index (χ3v) is 7.78. The summed E-state index contributed by atoms with van der Waals surface area (Å²) in [6.07, 6.45) is 3.28. The summed E-state index contributed by atoms with van der Waals surface area (Å²) in [5, 5.41) is 0. The zero-order valence-corrected chi connectivity index (χ0v) is 16.3. The van der Waals surface area contributed by atoms with Crippen molar-refractivity contribution in [1.29, 1.82) is 0 Å². The summed E-state index contributed by atoms with van der Waals surface area (Å²) in [5.41, 5.74) is 0.437. The van der Waals surface area contributed by atoms with Crippen LogP contribution in [0.5, 0.6) is 0 Å². The molecule has 0 aliphatic carbocycles. The van der Waals surface area contributed by atoms with Crippen LogP contribution < -0.4 is 8.30 Å². The molecule has 0 bridgehead atoms. The molecule has 0 spiro atoms. The number of halogens is 1. The molecule has 2 rings (SSSR count). The maximum atomic E-state index is 12.9. The number of hydrogen-bond donors (Lipinski definition) is 1. The molecule has 0 amide bonds. The summed E-state index contributed by atoms with van der Waals surface area (Å²) in [6, 6.07) is 6.56. The van der Waals surface area contributed by atoms with E-state index < -0.39 is 37.0 Å². The molecule has 0 atom stereocenters. The Labute approximate surface area is 140 Å². The summed E-state index contributed by atoms with van der Waals surface area (Å²) in [7, 11) is -3.73. The number of nitrogens with one attached hydrogen (secondary N) is 1. The van der Waals surface area contributed by atoms with Gasteiger partial charge in [-0.25, -0.2) is 0 Å². The molecule has 0 aliphatic rings. The molecule has 2 radical (unpaired) electrons. The number of pyridine rings is 1. The normalized spacial score (nSPS) is 12.2. The van der Waals surface area contributed by atoms with Gasteiger partial charge in [0.2, 0.25) is 0 Å². The molecule has 0 saturated carbocycles. The predicted octanol–water partition coefficient (Wildman–Crippen LogP) is 2.57. The molecule has 7 heteroatoms. The van der Waals surface area contributed by atoms with Crippen molar-refractivity contribution in [1.82, 2.24) is 4.98 Å². The molecule has 4 nitrogen and oxygen atoms in total. The van der Waals surface area contributed by atoms with Gasteiger partial charge in [-0.3, -0.25) is 0 Å². The second-order valence-corrected chi connectivity index (χ2v) is 14.2. The Hall–Kier alpha value is -1.15. The molecule has 0 unspecified atom stereocenters. The monoisotopic (exact) mass is 428 g/mol. The number of rotatable bonds is 4. The van der Waals surface area contributed by atoms with E-state index in [2.05, 4.69) is 30.5 Å². The Balaban J connectivity index is 2.23. The fourth-order valence-corrected chi connectivity index (χ4v) is 6.38. The Kier molecular flexibility index (Phi) is 5.11. The van der Waals surface area contributed by atoms with Crippen LogP contribution in [0.4, 0.5) is 10.1 Å². The van der Waals surface area contributed by atoms with Crippen LogP contribution in [0.15, 0.2) is 47.6 Å². The van der Waals surface area contributed by atoms with Crippen molar-refractivity contribution >= 4 is 40.4 Å². The molecule has 0 saturated heterocycles. The Bertz CT molecular complexity index is 756. The summed E-state index contributed by atoms with van der Waals surface area (Å²) in [6.45, 7) is 6.53. The van der Waals surface area contributed by atoms with Crippen LogP contribution in [0.2, 0.25) is 3.43 Å². The summed E-state index contributed by atoms with van der Waals surface area (Å²) < 4.78 is 41.3. The number of nitrogens with zero attached hydrogens (tertiary/aromatic N) is 1. The van der Waals surface area contributed by atoms with Crippen LogP contribution in [0.1, 0.15) is 20.8 Å². The Morgan fingerprint density at radius 3 is 2.36 bits per heavy atom. The summed E-state index contributed by atoms with van der Waals surface area (Å²) in [4.78, 5) is 4.14. The summed E-state index contributed by atoms with van der Waals surface area (Å²) in [5.74, 6) is -0.472. The molecule has 2 aromatic rings. The molecular weight excluding hydrogens is 410 g/mol. The molecule has 1 aromatic carbocycles. The van der Waals surface area contributed by atoms with E-state index in [-0.39, 0.29) is 8.33 Å². The van der Waals surface area contributed by atoms with E-state index in [9.17, 15) is 12.8 Å². The van der Waals surface area contributed by atoms with Gasteiger partial charge in [0.15, 0.2) is 0 Å². The van der Waals surface area contributed by atoms with E-state index in [0.29, 0.717) is 5.69 Å². The molecule has 0 aliphatic heterocycles. The average molecular weight is 427 g/mol. The zero-order valence-electron chi connectivity index (χ0n) is 12.6. The van der Waals surface area contributed by atoms with E-state index >= 15 is 0 Å². The maximum absolute atomic E-state index is 12.9. The second-order valence-electron chi connectivity index (χ2n) is 5.90. The van der Waals surface area contributed by atoms with Crippen LogP contribution in [-0.4, -0.2) is 34.5 Å². The first-order valence-electron chi connectivity index (χ1n) is 6.67. The van der Waals surface area contributed by atoms with E-state index in [1.807, 2.05) is 6.07 Å². The Morgan fingerprint density at radius 1 is 1.14 bits per heavy atom. The van der Waals surface area contributed by atoms with E-state index in [0.717, 1.165) is 15.7 Å². The first-order chi connectivity index (χ1) is 10.2. The minimum atomic E-state index is -3.73. The van der Waals surface area contributed by atoms with E-state index in [1.54, 1.807) is 6.20 Å². The van der Waals surface area contributed by atoms with Crippen molar-refractivity contribution in [2.45, 2.75) is 29.1 Å². The number of aromatic nitrogens is 1. The van der Waals surface area contributed by atoms with Gasteiger partial charge >= 0.3 is 141 Å². The van der Waals surface area contributed by atoms with Gasteiger partial charge in [0.25, 0.3) is 0 Å². The van der Waals surface area contributed by atoms with Crippen molar-refractivity contribution in [3.63, 3.8) is 0 Å². The quantitative estimate of drug-likeness (QED) is 0.764. The van der Waals surface area contributed by atoms with Crippen LogP contribution in [0.25, 0.3) is 0 Å². The number of sulfonamides is 1. The molecule has 22 heavy (non-hydrogen) atoms. The van der Waals surface area contributed by atoms with Crippen molar-refractivity contribution in [3.8, 4) is 0 Å². The van der Waals surface area contributed by atoms with Crippen LogP contribution >= 0.6 is 0 Å². The first-order valence-corrected chi connectivity index (χ1v) is 11.0. The van der Waals surface area contributed by atoms with E-state index in [1.165, 1.54) is 18.3 Å². The topological polar surface area (TPSA) is 59.1 Å². The Morgan fingerprint density at radius 2 is 1.77 bits per heavy atom. The van der Waals surface area contributed by atoms with Crippen molar-refractivity contribution in [3.05, 3.63) is 48.5 Å². The number of benzene rings is 1. The molecular formula is C15H17FN2O2SSn. The minimum absolute atomic E-state index is 0.0233. The van der Waals surface area contributed by atoms with Crippen molar-refractivity contribution in [2.75, 3.05) is 4.72 Å². The fourth-order valence-electron chi connectivity index (χ4n) is 1.82. The van der Waals surface area contributed by atoms with Gasteiger partial charge in [0.05, 0.1) is 0 Å². The van der Waals surface area contributed by atoms with Gasteiger partial charge < -0.3 is 0 Å². The third-order valence-electron chi connectivity index (χ3n) is 2.63. The predicted molar refractivity (Wildman–Crippen MR) is 86.5 cm³/mol. The molecule has 0 fully saturated rings. The van der Waals surface area contributed by atoms with Crippen LogP contribution in [-0.2, 0) is 10.0 Å². The number of anilines is 1. The van der Waals surface area contributed by atoms with Gasteiger partial charge in [0.1, 0.15) is 0 Å². The molecule has 1 heterocycles. The van der Waals surface area contributed by atoms with Gasteiger partial charge in [-0.2, -0.15) is 0 Å². The summed E-state index contributed by atoms with van der Waals surface area (Å²) >= 11 is -0.864. The third kappa shape index (κ3) is 4.94. The second kappa shape index (κ2) is 6.54. The average Bonchev–Trinajstić information content (AvgIpc) is 2.37. The van der Waals surface area contributed by atoms with Crippen molar-refractivity contribution in [2.24, 2.45) is 0 Å². The van der Waals surface area contributed by atoms with Gasteiger partial charge in [-0.1, -0.05) is 0 Å². The van der Waals surface area contributed by atoms with Gasteiger partial charge in [-0.05, 0) is 0 Å². The fraction of sp³-hybridized carbons (Fsp3) is 0.267. The molecule has 116 valence electrons. The van der Waals surface area contributed by atoms with Gasteiger partial charge in [0, 0.05) is 0 Å². The first kappa shape index (κ1) is 17.2. The van der Waals surface area contributed by atoms with Crippen molar-refractivity contribution < 1.29 is 12.8 Å². The van der Waals surface area contributed by atoms with Crippen LogP contribution in [0, 0.1) is 5.82 Å². The SMILES string of the molecule is C[C](C)(C)[Sn][c]1cncc(NS(=O)(=O)c2ccc(F)cc2)c1. The molecule has 1 aromatic heterocycles. The zero-order chi connectivity index (χ0) is 16.4. The van der Waals surface area contributed by atoms with Crippen LogP contribution in [0.3, 0.4) is 0 Å². The van der Waals surface area contributed by atoms with Gasteiger partial charge in [-0.15, -0.1) is 0 Å². The molecule has 1 N–H and O–H groups in total. The van der Waals surface area contributed by atoms with E-state index in [4.69, 9.17) is 0 Å². The standard InChI is InChI=1S/C11H8FN2O2S.C4H9.Sn/c12-9-3-5-11(6-4-9)17(15,16)14-10-2-1-7-13-8-10;1-4(2)3;/h2-8,14H;1-3H3;. The number of hydrogen-bond acceptors (Lipinski definition) is 3.